The van der Waals surface area contributed by atoms with Gasteiger partial charge in [0.1, 0.15) is 11.6 Å². The van der Waals surface area contributed by atoms with Crippen LogP contribution in [0.25, 0.3) is 10.9 Å². The molecule has 1 amide bonds. The Kier molecular flexibility index (Phi) is 3.83. The van der Waals surface area contributed by atoms with Gasteiger partial charge in [-0.15, -0.1) is 0 Å². The van der Waals surface area contributed by atoms with Crippen LogP contribution in [-0.2, 0) is 0 Å². The van der Waals surface area contributed by atoms with Crippen molar-refractivity contribution in [3.05, 3.63) is 65.3 Å². The lowest BCUT2D eigenvalue weighted by atomic mass is 10.1. The van der Waals surface area contributed by atoms with Gasteiger partial charge in [-0.25, -0.2) is 18.5 Å². The lowest BCUT2D eigenvalue weighted by molar-refractivity contribution is 0.205. The molecule has 0 saturated carbocycles. The van der Waals surface area contributed by atoms with Crippen LogP contribution in [0.5, 0.6) is 0 Å². The molecule has 23 heavy (non-hydrogen) atoms. The number of benzene rings is 2. The van der Waals surface area contributed by atoms with Gasteiger partial charge in [-0.1, -0.05) is 11.6 Å². The molecule has 0 unspecified atom stereocenters. The predicted molar refractivity (Wildman–Crippen MR) is 83.3 cm³/mol. The van der Waals surface area contributed by atoms with Crippen molar-refractivity contribution in [1.82, 2.24) is 4.98 Å². The molecule has 1 N–H and O–H groups in total. The molecule has 4 nitrogen and oxygen atoms in total. The van der Waals surface area contributed by atoms with Gasteiger partial charge in [0, 0.05) is 17.6 Å². The largest absolute Gasteiger partial charge is 0.464 e. The van der Waals surface area contributed by atoms with Gasteiger partial charge < -0.3 is 5.11 Å². The highest BCUT2D eigenvalue weighted by Gasteiger charge is 2.22. The van der Waals surface area contributed by atoms with E-state index in [0.29, 0.717) is 22.0 Å². The van der Waals surface area contributed by atoms with Crippen molar-refractivity contribution >= 4 is 40.0 Å². The van der Waals surface area contributed by atoms with Crippen LogP contribution < -0.4 is 4.90 Å². The molecule has 0 atom stereocenters. The van der Waals surface area contributed by atoms with Crippen molar-refractivity contribution in [2.45, 2.75) is 0 Å². The first-order valence-corrected chi connectivity index (χ1v) is 6.87. The van der Waals surface area contributed by atoms with E-state index in [1.54, 1.807) is 12.1 Å². The van der Waals surface area contributed by atoms with Crippen LogP contribution in [0.3, 0.4) is 0 Å². The summed E-state index contributed by atoms with van der Waals surface area (Å²) >= 11 is 6.08. The quantitative estimate of drug-likeness (QED) is 0.719. The van der Waals surface area contributed by atoms with E-state index >= 15 is 0 Å². The second-order valence-corrected chi connectivity index (χ2v) is 5.12. The van der Waals surface area contributed by atoms with Gasteiger partial charge in [0.25, 0.3) is 0 Å². The SMILES string of the molecule is O=C(O)N(c1cc(F)cc(F)c1)c1ccc(Cl)c2cccnc12. The molecular formula is C16H9ClF2N2O2. The lowest BCUT2D eigenvalue weighted by Crippen LogP contribution is -2.24. The minimum Gasteiger partial charge on any atom is -0.464 e. The van der Waals surface area contributed by atoms with Crippen molar-refractivity contribution < 1.29 is 18.7 Å². The molecule has 116 valence electrons. The second kappa shape index (κ2) is 5.81. The fourth-order valence-electron chi connectivity index (χ4n) is 2.32. The number of aromatic nitrogens is 1. The van der Waals surface area contributed by atoms with Crippen LogP contribution in [0.4, 0.5) is 25.0 Å². The molecule has 7 heteroatoms. The molecule has 2 aromatic carbocycles. The first kappa shape index (κ1) is 15.2. The standard InChI is InChI=1S/C16H9ClF2N2O2/c17-13-3-4-14(15-12(13)2-1-5-20-15)21(16(22)23)11-7-9(18)6-10(19)8-11/h1-8H,(H,22,23). The Morgan fingerprint density at radius 3 is 2.48 bits per heavy atom. The molecule has 0 aliphatic carbocycles. The van der Waals surface area contributed by atoms with Crippen molar-refractivity contribution in [2.24, 2.45) is 0 Å². The topological polar surface area (TPSA) is 53.4 Å². The number of anilines is 2. The number of nitrogens with zero attached hydrogens (tertiary/aromatic N) is 2. The molecule has 0 saturated heterocycles. The van der Waals surface area contributed by atoms with E-state index in [-0.39, 0.29) is 11.4 Å². The van der Waals surface area contributed by atoms with E-state index in [0.717, 1.165) is 17.0 Å². The molecule has 0 radical (unpaired) electrons. The van der Waals surface area contributed by atoms with Gasteiger partial charge in [0.05, 0.1) is 21.9 Å². The van der Waals surface area contributed by atoms with Gasteiger partial charge in [-0.3, -0.25) is 4.98 Å². The number of hydrogen-bond acceptors (Lipinski definition) is 2. The third-order valence-corrected chi connectivity index (χ3v) is 3.56. The Hall–Kier alpha value is -2.73. The highest BCUT2D eigenvalue weighted by molar-refractivity contribution is 6.36. The number of rotatable bonds is 2. The molecule has 0 fully saturated rings. The molecular weight excluding hydrogens is 326 g/mol. The maximum Gasteiger partial charge on any atom is 0.416 e. The average Bonchev–Trinajstić information content (AvgIpc) is 2.49. The number of hydrogen-bond donors (Lipinski definition) is 1. The Balaban J connectivity index is 2.28. The molecule has 3 aromatic rings. The van der Waals surface area contributed by atoms with Crippen LogP contribution in [0.2, 0.25) is 5.02 Å². The van der Waals surface area contributed by atoms with Gasteiger partial charge >= 0.3 is 6.09 Å². The van der Waals surface area contributed by atoms with E-state index in [1.165, 1.54) is 18.3 Å². The molecule has 1 aromatic heterocycles. The minimum absolute atomic E-state index is 0.155. The van der Waals surface area contributed by atoms with Crippen molar-refractivity contribution in [2.75, 3.05) is 4.90 Å². The third-order valence-electron chi connectivity index (χ3n) is 3.23. The fourth-order valence-corrected chi connectivity index (χ4v) is 2.54. The van der Waals surface area contributed by atoms with Crippen molar-refractivity contribution in [1.29, 1.82) is 0 Å². The minimum atomic E-state index is -1.40. The van der Waals surface area contributed by atoms with Crippen LogP contribution in [-0.4, -0.2) is 16.2 Å². The molecule has 0 bridgehead atoms. The van der Waals surface area contributed by atoms with E-state index in [4.69, 9.17) is 11.6 Å². The Bertz CT molecular complexity index is 897. The summed E-state index contributed by atoms with van der Waals surface area (Å²) in [5, 5.41) is 10.4. The summed E-state index contributed by atoms with van der Waals surface area (Å²) in [6, 6.07) is 8.81. The van der Waals surface area contributed by atoms with Crippen LogP contribution in [0.1, 0.15) is 0 Å². The first-order valence-electron chi connectivity index (χ1n) is 6.50. The zero-order valence-electron chi connectivity index (χ0n) is 11.5. The summed E-state index contributed by atoms with van der Waals surface area (Å²) in [4.78, 5) is 16.6. The predicted octanol–water partition coefficient (Wildman–Crippen LogP) is 4.98. The molecule has 0 spiro atoms. The van der Waals surface area contributed by atoms with Gasteiger partial charge in [0.15, 0.2) is 0 Å². The number of carbonyl (C=O) groups is 1. The molecule has 0 aliphatic heterocycles. The van der Waals surface area contributed by atoms with E-state index in [9.17, 15) is 18.7 Å². The second-order valence-electron chi connectivity index (χ2n) is 4.71. The van der Waals surface area contributed by atoms with E-state index in [2.05, 4.69) is 4.98 Å². The number of pyridine rings is 1. The molecule has 1 heterocycles. The van der Waals surface area contributed by atoms with Crippen LogP contribution in [0.15, 0.2) is 48.7 Å². The van der Waals surface area contributed by atoms with Crippen LogP contribution >= 0.6 is 11.6 Å². The molecule has 0 aliphatic rings. The van der Waals surface area contributed by atoms with Gasteiger partial charge in [0.2, 0.25) is 0 Å². The third kappa shape index (κ3) is 2.80. The summed E-state index contributed by atoms with van der Waals surface area (Å²) in [6.07, 6.45) is 0.0817. The number of halogens is 3. The summed E-state index contributed by atoms with van der Waals surface area (Å²) in [5.41, 5.74) is 0.304. The molecule has 3 rings (SSSR count). The summed E-state index contributed by atoms with van der Waals surface area (Å²) in [7, 11) is 0. The highest BCUT2D eigenvalue weighted by atomic mass is 35.5. The van der Waals surface area contributed by atoms with Gasteiger partial charge in [-0.05, 0) is 36.4 Å². The smallest absolute Gasteiger partial charge is 0.416 e. The Morgan fingerprint density at radius 1 is 1.13 bits per heavy atom. The summed E-state index contributed by atoms with van der Waals surface area (Å²) in [5.74, 6) is -1.75. The number of fused-ring (bicyclic) bond motifs is 1. The average molecular weight is 335 g/mol. The highest BCUT2D eigenvalue weighted by Crippen LogP contribution is 2.35. The first-order chi connectivity index (χ1) is 11.0. The summed E-state index contributed by atoms with van der Waals surface area (Å²) in [6.45, 7) is 0. The maximum atomic E-state index is 13.4. The zero-order chi connectivity index (χ0) is 16.6. The van der Waals surface area contributed by atoms with Crippen molar-refractivity contribution in [3.63, 3.8) is 0 Å². The monoisotopic (exact) mass is 334 g/mol. The van der Waals surface area contributed by atoms with E-state index in [1.807, 2.05) is 0 Å². The number of carboxylic acid groups (broad SMARTS) is 1. The normalized spacial score (nSPS) is 10.7. The fraction of sp³-hybridized carbons (Fsp3) is 0. The van der Waals surface area contributed by atoms with E-state index < -0.39 is 17.7 Å². The van der Waals surface area contributed by atoms with Crippen molar-refractivity contribution in [3.8, 4) is 0 Å². The summed E-state index contributed by atoms with van der Waals surface area (Å²) < 4.78 is 26.9. The Labute approximate surface area is 134 Å². The van der Waals surface area contributed by atoms with Gasteiger partial charge in [-0.2, -0.15) is 0 Å². The van der Waals surface area contributed by atoms with Crippen LogP contribution in [0, 0.1) is 11.6 Å². The zero-order valence-corrected chi connectivity index (χ0v) is 12.3. The number of amides is 1. The maximum absolute atomic E-state index is 13.4. The lowest BCUT2D eigenvalue weighted by Gasteiger charge is -2.21. The Morgan fingerprint density at radius 2 is 1.83 bits per heavy atom.